The van der Waals surface area contributed by atoms with Crippen molar-refractivity contribution < 1.29 is 8.42 Å². The third kappa shape index (κ3) is 3.80. The van der Waals surface area contributed by atoms with E-state index in [0.717, 1.165) is 30.5 Å². The number of hydrogen-bond acceptors (Lipinski definition) is 4. The predicted molar refractivity (Wildman–Crippen MR) is 102 cm³/mol. The van der Waals surface area contributed by atoms with Gasteiger partial charge >= 0.3 is 0 Å². The van der Waals surface area contributed by atoms with Gasteiger partial charge in [0, 0.05) is 12.4 Å². The van der Waals surface area contributed by atoms with E-state index in [1.165, 1.54) is 25.5 Å². The molecule has 3 aromatic rings. The van der Waals surface area contributed by atoms with E-state index in [9.17, 15) is 8.42 Å². The highest BCUT2D eigenvalue weighted by atomic mass is 32.2. The molecule has 138 valence electrons. The number of hydrogen-bond donors (Lipinski definition) is 0. The van der Waals surface area contributed by atoms with Gasteiger partial charge in [-0.15, -0.1) is 0 Å². The zero-order valence-corrected chi connectivity index (χ0v) is 16.2. The Kier molecular flexibility index (Phi) is 5.71. The number of sulfone groups is 1. The van der Waals surface area contributed by atoms with E-state index in [1.807, 2.05) is 6.92 Å². The number of benzene rings is 1. The lowest BCUT2D eigenvalue weighted by Gasteiger charge is -2.10. The van der Waals surface area contributed by atoms with Crippen molar-refractivity contribution >= 4 is 15.5 Å². The van der Waals surface area contributed by atoms with Crippen molar-refractivity contribution in [2.45, 2.75) is 62.3 Å². The standard InChI is InChI=1S/C20H25N3O2S/c1-3-4-5-6-7-8-18-20-21-13-14-23(20)19(15-22-18)26(24,25)17-11-9-16(2)10-12-17/h9-15H,3-8H2,1-2H3. The predicted octanol–water partition coefficient (Wildman–Crippen LogP) is 4.38. The second kappa shape index (κ2) is 7.99. The highest BCUT2D eigenvalue weighted by molar-refractivity contribution is 7.91. The molecule has 0 aliphatic heterocycles. The third-order valence-electron chi connectivity index (χ3n) is 4.59. The Balaban J connectivity index is 1.90. The lowest BCUT2D eigenvalue weighted by molar-refractivity contribution is 0.589. The summed E-state index contributed by atoms with van der Waals surface area (Å²) < 4.78 is 27.7. The maximum Gasteiger partial charge on any atom is 0.223 e. The summed E-state index contributed by atoms with van der Waals surface area (Å²) in [5.74, 6) is 0. The van der Waals surface area contributed by atoms with Crippen LogP contribution in [0.15, 0.2) is 52.8 Å². The molecule has 0 saturated heterocycles. The number of unbranched alkanes of at least 4 members (excludes halogenated alkanes) is 4. The van der Waals surface area contributed by atoms with Crippen LogP contribution in [0.1, 0.15) is 50.3 Å². The highest BCUT2D eigenvalue weighted by Crippen LogP contribution is 2.23. The molecule has 0 aliphatic carbocycles. The summed E-state index contributed by atoms with van der Waals surface area (Å²) in [6.45, 7) is 4.13. The van der Waals surface area contributed by atoms with Gasteiger partial charge in [-0.1, -0.05) is 50.3 Å². The molecule has 0 amide bonds. The van der Waals surface area contributed by atoms with Crippen LogP contribution in [0, 0.1) is 6.92 Å². The maximum atomic E-state index is 13.0. The first-order valence-electron chi connectivity index (χ1n) is 9.16. The van der Waals surface area contributed by atoms with Crippen LogP contribution in [0.5, 0.6) is 0 Å². The summed E-state index contributed by atoms with van der Waals surface area (Å²) in [7, 11) is -3.64. The quantitative estimate of drug-likeness (QED) is 0.551. The fourth-order valence-corrected chi connectivity index (χ4v) is 4.39. The summed E-state index contributed by atoms with van der Waals surface area (Å²) in [4.78, 5) is 9.07. The second-order valence-corrected chi connectivity index (χ2v) is 8.54. The first-order valence-corrected chi connectivity index (χ1v) is 10.6. The maximum absolute atomic E-state index is 13.0. The van der Waals surface area contributed by atoms with Gasteiger partial charge in [0.1, 0.15) is 0 Å². The van der Waals surface area contributed by atoms with Crippen LogP contribution in [0.4, 0.5) is 0 Å². The van der Waals surface area contributed by atoms with E-state index in [4.69, 9.17) is 0 Å². The topological polar surface area (TPSA) is 64.3 Å². The molecule has 3 rings (SSSR count). The summed E-state index contributed by atoms with van der Waals surface area (Å²) in [5.41, 5.74) is 2.51. The summed E-state index contributed by atoms with van der Waals surface area (Å²) in [6.07, 6.45) is 11.5. The molecular weight excluding hydrogens is 346 g/mol. The van der Waals surface area contributed by atoms with Gasteiger partial charge < -0.3 is 0 Å². The summed E-state index contributed by atoms with van der Waals surface area (Å²) >= 11 is 0. The van der Waals surface area contributed by atoms with Gasteiger partial charge in [0.2, 0.25) is 9.84 Å². The molecular formula is C20H25N3O2S. The Bertz CT molecular complexity index is 976. The summed E-state index contributed by atoms with van der Waals surface area (Å²) in [6, 6.07) is 6.87. The Hall–Kier alpha value is -2.21. The summed E-state index contributed by atoms with van der Waals surface area (Å²) in [5, 5.41) is 0.156. The van der Waals surface area contributed by atoms with Crippen LogP contribution in [-0.2, 0) is 16.3 Å². The van der Waals surface area contributed by atoms with Crippen molar-refractivity contribution in [1.29, 1.82) is 0 Å². The number of aryl methyl sites for hydroxylation is 2. The minimum absolute atomic E-state index is 0.156. The van der Waals surface area contributed by atoms with Crippen LogP contribution >= 0.6 is 0 Å². The zero-order valence-electron chi connectivity index (χ0n) is 15.4. The zero-order chi connectivity index (χ0) is 18.6. The van der Waals surface area contributed by atoms with E-state index in [-0.39, 0.29) is 9.92 Å². The molecule has 0 unspecified atom stereocenters. The fourth-order valence-electron chi connectivity index (χ4n) is 3.06. The van der Waals surface area contributed by atoms with Gasteiger partial charge in [0.25, 0.3) is 0 Å². The van der Waals surface area contributed by atoms with Crippen molar-refractivity contribution in [3.8, 4) is 0 Å². The van der Waals surface area contributed by atoms with Crippen LogP contribution in [-0.4, -0.2) is 22.8 Å². The largest absolute Gasteiger partial charge is 0.287 e. The van der Waals surface area contributed by atoms with Crippen molar-refractivity contribution in [1.82, 2.24) is 14.4 Å². The second-order valence-electron chi connectivity index (χ2n) is 6.64. The SMILES string of the molecule is CCCCCCCc1ncc(S(=O)(=O)c2ccc(C)cc2)n2ccnc12. The number of aromatic nitrogens is 3. The van der Waals surface area contributed by atoms with Crippen molar-refractivity contribution in [2.24, 2.45) is 0 Å². The molecule has 0 N–H and O–H groups in total. The number of fused-ring (bicyclic) bond motifs is 1. The van der Waals surface area contributed by atoms with E-state index in [0.29, 0.717) is 5.65 Å². The minimum Gasteiger partial charge on any atom is -0.287 e. The average Bonchev–Trinajstić information content (AvgIpc) is 3.11. The molecule has 1 aromatic carbocycles. The van der Waals surface area contributed by atoms with Crippen LogP contribution in [0.25, 0.3) is 5.65 Å². The first-order chi connectivity index (χ1) is 12.5. The lowest BCUT2D eigenvalue weighted by Crippen LogP contribution is -2.10. The van der Waals surface area contributed by atoms with Crippen LogP contribution in [0.2, 0.25) is 0 Å². The Morgan fingerprint density at radius 1 is 1.00 bits per heavy atom. The van der Waals surface area contributed by atoms with Gasteiger partial charge in [-0.3, -0.25) is 9.38 Å². The highest BCUT2D eigenvalue weighted by Gasteiger charge is 2.22. The molecule has 6 heteroatoms. The van der Waals surface area contributed by atoms with E-state index >= 15 is 0 Å². The van der Waals surface area contributed by atoms with Crippen molar-refractivity contribution in [3.05, 3.63) is 54.1 Å². The van der Waals surface area contributed by atoms with Crippen LogP contribution < -0.4 is 0 Å². The normalized spacial score (nSPS) is 11.9. The average molecular weight is 372 g/mol. The van der Waals surface area contributed by atoms with Gasteiger partial charge in [-0.05, 0) is 31.9 Å². The molecule has 0 radical (unpaired) electrons. The van der Waals surface area contributed by atoms with Gasteiger partial charge in [-0.2, -0.15) is 0 Å². The van der Waals surface area contributed by atoms with Crippen LogP contribution in [0.3, 0.4) is 0 Å². The monoisotopic (exact) mass is 371 g/mol. The smallest absolute Gasteiger partial charge is 0.223 e. The first kappa shape index (κ1) is 18.6. The van der Waals surface area contributed by atoms with Gasteiger partial charge in [-0.25, -0.2) is 13.4 Å². The number of nitrogens with zero attached hydrogens (tertiary/aromatic N) is 3. The fraction of sp³-hybridized carbons (Fsp3) is 0.400. The number of rotatable bonds is 8. The molecule has 26 heavy (non-hydrogen) atoms. The molecule has 5 nitrogen and oxygen atoms in total. The minimum atomic E-state index is -3.64. The molecule has 0 saturated carbocycles. The molecule has 0 bridgehead atoms. The molecule has 2 aromatic heterocycles. The van der Waals surface area contributed by atoms with E-state index in [2.05, 4.69) is 16.9 Å². The molecule has 0 atom stereocenters. The molecule has 0 spiro atoms. The van der Waals surface area contributed by atoms with Gasteiger partial charge in [0.05, 0.1) is 16.8 Å². The Morgan fingerprint density at radius 2 is 1.73 bits per heavy atom. The van der Waals surface area contributed by atoms with E-state index < -0.39 is 9.84 Å². The van der Waals surface area contributed by atoms with E-state index in [1.54, 1.807) is 41.1 Å². The lowest BCUT2D eigenvalue weighted by atomic mass is 10.1. The molecule has 0 fully saturated rings. The number of imidazole rings is 1. The molecule has 2 heterocycles. The molecule has 0 aliphatic rings. The van der Waals surface area contributed by atoms with Gasteiger partial charge in [0.15, 0.2) is 10.7 Å². The van der Waals surface area contributed by atoms with Crippen molar-refractivity contribution in [3.63, 3.8) is 0 Å². The Morgan fingerprint density at radius 3 is 2.46 bits per heavy atom. The van der Waals surface area contributed by atoms with Crippen molar-refractivity contribution in [2.75, 3.05) is 0 Å². The third-order valence-corrected chi connectivity index (χ3v) is 6.34. The Labute approximate surface area is 155 Å².